The number of benzene rings is 1. The van der Waals surface area contributed by atoms with Gasteiger partial charge in [-0.25, -0.2) is 0 Å². The van der Waals surface area contributed by atoms with Crippen LogP contribution in [0.5, 0.6) is 0 Å². The molecule has 1 heterocycles. The number of hydrogen-bond acceptors (Lipinski definition) is 2. The van der Waals surface area contributed by atoms with Crippen LogP contribution in [0.25, 0.3) is 11.3 Å². The Kier molecular flexibility index (Phi) is 4.15. The Balaban J connectivity index is 2.20. The van der Waals surface area contributed by atoms with Gasteiger partial charge in [-0.15, -0.1) is 0 Å². The highest BCUT2D eigenvalue weighted by Crippen LogP contribution is 2.20. The largest absolute Gasteiger partial charge is 0.328 e. The Morgan fingerprint density at radius 1 is 1.22 bits per heavy atom. The quantitative estimate of drug-likeness (QED) is 0.877. The third kappa shape index (κ3) is 2.99. The number of hydrogen-bond donors (Lipinski definition) is 1. The van der Waals surface area contributed by atoms with E-state index in [9.17, 15) is 0 Å². The highest BCUT2D eigenvalue weighted by Gasteiger charge is 2.05. The lowest BCUT2D eigenvalue weighted by molar-refractivity contribution is 0.609. The molecule has 1 unspecified atom stereocenters. The molecular formula is C15H21N3. The van der Waals surface area contributed by atoms with E-state index < -0.39 is 0 Å². The van der Waals surface area contributed by atoms with Crippen LogP contribution >= 0.6 is 0 Å². The van der Waals surface area contributed by atoms with Crippen molar-refractivity contribution < 1.29 is 0 Å². The summed E-state index contributed by atoms with van der Waals surface area (Å²) in [6, 6.07) is 10.9. The summed E-state index contributed by atoms with van der Waals surface area (Å²) in [5.41, 5.74) is 9.50. The van der Waals surface area contributed by atoms with Crippen LogP contribution in [-0.2, 0) is 13.0 Å². The summed E-state index contributed by atoms with van der Waals surface area (Å²) in [4.78, 5) is 0. The zero-order valence-corrected chi connectivity index (χ0v) is 11.1. The van der Waals surface area contributed by atoms with E-state index in [1.807, 2.05) is 13.1 Å². The van der Waals surface area contributed by atoms with Gasteiger partial charge in [0.1, 0.15) is 0 Å². The van der Waals surface area contributed by atoms with Crippen LogP contribution in [0, 0.1) is 0 Å². The van der Waals surface area contributed by atoms with Gasteiger partial charge in [0, 0.05) is 18.8 Å². The van der Waals surface area contributed by atoms with Crippen LogP contribution in [0.3, 0.4) is 0 Å². The molecule has 0 saturated heterocycles. The second-order valence-electron chi connectivity index (χ2n) is 4.82. The highest BCUT2D eigenvalue weighted by molar-refractivity contribution is 5.59. The van der Waals surface area contributed by atoms with Gasteiger partial charge in [0.2, 0.25) is 0 Å². The highest BCUT2D eigenvalue weighted by atomic mass is 15.3. The summed E-state index contributed by atoms with van der Waals surface area (Å²) in [6.07, 6.45) is 3.88. The van der Waals surface area contributed by atoms with Gasteiger partial charge in [-0.3, -0.25) is 4.68 Å². The molecule has 1 aromatic carbocycles. The van der Waals surface area contributed by atoms with Gasteiger partial charge in [-0.05, 0) is 37.0 Å². The van der Waals surface area contributed by atoms with Crippen molar-refractivity contribution in [2.24, 2.45) is 5.73 Å². The fraction of sp³-hybridized carbons (Fsp3) is 0.400. The molecule has 0 aliphatic rings. The third-order valence-electron chi connectivity index (χ3n) is 2.96. The molecule has 1 aromatic heterocycles. The lowest BCUT2D eigenvalue weighted by atomic mass is 10.0. The average Bonchev–Trinajstić information content (AvgIpc) is 2.78. The molecule has 1 atom stereocenters. The van der Waals surface area contributed by atoms with E-state index in [0.29, 0.717) is 0 Å². The van der Waals surface area contributed by atoms with Crippen molar-refractivity contribution in [3.05, 3.63) is 42.1 Å². The Hall–Kier alpha value is -1.61. The maximum Gasteiger partial charge on any atom is 0.0682 e. The first-order valence-electron chi connectivity index (χ1n) is 6.57. The minimum Gasteiger partial charge on any atom is -0.328 e. The monoisotopic (exact) mass is 243 g/mol. The average molecular weight is 243 g/mol. The zero-order valence-electron chi connectivity index (χ0n) is 11.1. The standard InChI is InChI=1S/C15H21N3/c1-3-10-18-15(8-9-17-18)14-6-4-13(5-7-14)11-12(2)16/h4-9,12H,3,10-11,16H2,1-2H3. The van der Waals surface area contributed by atoms with Crippen molar-refractivity contribution in [1.29, 1.82) is 0 Å². The fourth-order valence-electron chi connectivity index (χ4n) is 2.15. The second-order valence-corrected chi connectivity index (χ2v) is 4.82. The molecule has 0 fully saturated rings. The maximum atomic E-state index is 5.81. The predicted molar refractivity (Wildman–Crippen MR) is 75.3 cm³/mol. The molecule has 0 saturated carbocycles. The van der Waals surface area contributed by atoms with E-state index in [-0.39, 0.29) is 6.04 Å². The fourth-order valence-corrected chi connectivity index (χ4v) is 2.15. The van der Waals surface area contributed by atoms with Crippen molar-refractivity contribution in [3.8, 4) is 11.3 Å². The lowest BCUT2D eigenvalue weighted by Crippen LogP contribution is -2.17. The topological polar surface area (TPSA) is 43.8 Å². The number of aryl methyl sites for hydroxylation is 1. The molecule has 0 aliphatic heterocycles. The first kappa shape index (κ1) is 12.8. The van der Waals surface area contributed by atoms with Crippen molar-refractivity contribution in [2.75, 3.05) is 0 Å². The minimum absolute atomic E-state index is 0.210. The van der Waals surface area contributed by atoms with Crippen LogP contribution in [0.1, 0.15) is 25.8 Å². The van der Waals surface area contributed by atoms with E-state index in [4.69, 9.17) is 5.73 Å². The van der Waals surface area contributed by atoms with Gasteiger partial charge in [0.25, 0.3) is 0 Å². The smallest absolute Gasteiger partial charge is 0.0682 e. The molecule has 0 spiro atoms. The minimum atomic E-state index is 0.210. The van der Waals surface area contributed by atoms with Gasteiger partial charge in [0.05, 0.1) is 5.69 Å². The summed E-state index contributed by atoms with van der Waals surface area (Å²) >= 11 is 0. The van der Waals surface area contributed by atoms with E-state index in [2.05, 4.69) is 47.0 Å². The lowest BCUT2D eigenvalue weighted by Gasteiger charge is -2.08. The Morgan fingerprint density at radius 2 is 1.94 bits per heavy atom. The van der Waals surface area contributed by atoms with Gasteiger partial charge in [0.15, 0.2) is 0 Å². The Morgan fingerprint density at radius 3 is 2.56 bits per heavy atom. The van der Waals surface area contributed by atoms with Crippen LogP contribution in [0.2, 0.25) is 0 Å². The Bertz CT molecular complexity index is 483. The van der Waals surface area contributed by atoms with E-state index in [0.717, 1.165) is 19.4 Å². The summed E-state index contributed by atoms with van der Waals surface area (Å²) in [5.74, 6) is 0. The van der Waals surface area contributed by atoms with Gasteiger partial charge < -0.3 is 5.73 Å². The van der Waals surface area contributed by atoms with Crippen molar-refractivity contribution >= 4 is 0 Å². The summed E-state index contributed by atoms with van der Waals surface area (Å²) in [6.45, 7) is 5.16. The van der Waals surface area contributed by atoms with Crippen molar-refractivity contribution in [2.45, 2.75) is 39.3 Å². The zero-order chi connectivity index (χ0) is 13.0. The van der Waals surface area contributed by atoms with E-state index in [1.54, 1.807) is 0 Å². The molecule has 0 amide bonds. The molecule has 2 rings (SSSR count). The predicted octanol–water partition coefficient (Wildman–Crippen LogP) is 2.85. The SMILES string of the molecule is CCCn1nccc1-c1ccc(CC(C)N)cc1. The Labute approximate surface area is 109 Å². The van der Waals surface area contributed by atoms with Gasteiger partial charge >= 0.3 is 0 Å². The summed E-state index contributed by atoms with van der Waals surface area (Å²) in [7, 11) is 0. The number of rotatable bonds is 5. The molecule has 2 N–H and O–H groups in total. The first-order valence-corrected chi connectivity index (χ1v) is 6.57. The maximum absolute atomic E-state index is 5.81. The first-order chi connectivity index (χ1) is 8.70. The van der Waals surface area contributed by atoms with Crippen LogP contribution in [0.15, 0.2) is 36.5 Å². The van der Waals surface area contributed by atoms with Crippen LogP contribution in [-0.4, -0.2) is 15.8 Å². The van der Waals surface area contributed by atoms with Crippen molar-refractivity contribution in [3.63, 3.8) is 0 Å². The molecule has 3 nitrogen and oxygen atoms in total. The summed E-state index contributed by atoms with van der Waals surface area (Å²) in [5, 5.41) is 4.35. The second kappa shape index (κ2) is 5.83. The molecule has 0 bridgehead atoms. The van der Waals surface area contributed by atoms with Crippen molar-refractivity contribution in [1.82, 2.24) is 9.78 Å². The molecule has 18 heavy (non-hydrogen) atoms. The molecular weight excluding hydrogens is 222 g/mol. The van der Waals surface area contributed by atoms with Gasteiger partial charge in [-0.2, -0.15) is 5.10 Å². The molecule has 96 valence electrons. The van der Waals surface area contributed by atoms with E-state index >= 15 is 0 Å². The number of nitrogens with two attached hydrogens (primary N) is 1. The summed E-state index contributed by atoms with van der Waals surface area (Å²) < 4.78 is 2.06. The van der Waals surface area contributed by atoms with Gasteiger partial charge in [-0.1, -0.05) is 31.2 Å². The molecule has 3 heteroatoms. The van der Waals surface area contributed by atoms with Crippen LogP contribution in [0.4, 0.5) is 0 Å². The van der Waals surface area contributed by atoms with Crippen LogP contribution < -0.4 is 5.73 Å². The number of nitrogens with zero attached hydrogens (tertiary/aromatic N) is 2. The molecule has 2 aromatic rings. The molecule has 0 radical (unpaired) electrons. The molecule has 0 aliphatic carbocycles. The number of aromatic nitrogens is 2. The third-order valence-corrected chi connectivity index (χ3v) is 2.96. The van der Waals surface area contributed by atoms with E-state index in [1.165, 1.54) is 16.8 Å². The normalized spacial score (nSPS) is 12.6.